The Labute approximate surface area is 167 Å². The highest BCUT2D eigenvalue weighted by Gasteiger charge is 2.40. The lowest BCUT2D eigenvalue weighted by atomic mass is 9.73. The van der Waals surface area contributed by atoms with E-state index in [2.05, 4.69) is 0 Å². The standard InChI is InChI=1S/C22H20ClFO4/c1-3-28-22(26)21-17(14-6-9-18(23)19(24)11-14)10-15(12-20(21)25)13-4-7-16(27-2)8-5-13/h4-9,11-12,17,21H,3,10H2,1-2H3. The quantitative estimate of drug-likeness (QED) is 0.532. The number of ketones is 1. The van der Waals surface area contributed by atoms with Crippen LogP contribution in [0.25, 0.3) is 5.57 Å². The smallest absolute Gasteiger partial charge is 0.317 e. The normalized spacial score (nSPS) is 19.1. The van der Waals surface area contributed by atoms with Crippen molar-refractivity contribution in [3.05, 3.63) is 70.5 Å². The van der Waals surface area contributed by atoms with Gasteiger partial charge in [0.25, 0.3) is 0 Å². The minimum atomic E-state index is -1.01. The van der Waals surface area contributed by atoms with Crippen LogP contribution in [0.5, 0.6) is 5.75 Å². The molecule has 2 aromatic carbocycles. The molecule has 28 heavy (non-hydrogen) atoms. The molecule has 3 rings (SSSR count). The predicted octanol–water partition coefficient (Wildman–Crippen LogP) is 4.81. The Kier molecular flexibility index (Phi) is 6.15. The molecule has 1 aliphatic rings. The third kappa shape index (κ3) is 4.09. The van der Waals surface area contributed by atoms with Crippen molar-refractivity contribution < 1.29 is 23.5 Å². The molecule has 0 bridgehead atoms. The van der Waals surface area contributed by atoms with Crippen LogP contribution in [0.2, 0.25) is 5.02 Å². The number of carbonyl (C=O) groups excluding carboxylic acids is 2. The number of carbonyl (C=O) groups is 2. The van der Waals surface area contributed by atoms with Crippen LogP contribution in [0.3, 0.4) is 0 Å². The van der Waals surface area contributed by atoms with Gasteiger partial charge in [0.2, 0.25) is 0 Å². The van der Waals surface area contributed by atoms with Crippen LogP contribution in [0.15, 0.2) is 48.5 Å². The second-order valence-corrected chi connectivity index (χ2v) is 6.92. The third-order valence-corrected chi connectivity index (χ3v) is 5.14. The molecular formula is C22H20ClFO4. The second-order valence-electron chi connectivity index (χ2n) is 6.51. The number of hydrogen-bond donors (Lipinski definition) is 0. The van der Waals surface area contributed by atoms with Crippen LogP contribution >= 0.6 is 11.6 Å². The molecule has 2 unspecified atom stereocenters. The summed E-state index contributed by atoms with van der Waals surface area (Å²) in [6.07, 6.45) is 1.87. The van der Waals surface area contributed by atoms with Crippen molar-refractivity contribution in [2.45, 2.75) is 19.3 Å². The largest absolute Gasteiger partial charge is 0.497 e. The Balaban J connectivity index is 2.02. The Bertz CT molecular complexity index is 921. The van der Waals surface area contributed by atoms with Gasteiger partial charge in [-0.1, -0.05) is 29.8 Å². The number of methoxy groups -OCH3 is 1. The summed E-state index contributed by atoms with van der Waals surface area (Å²) in [5.41, 5.74) is 2.15. The third-order valence-electron chi connectivity index (χ3n) is 4.84. The maximum Gasteiger partial charge on any atom is 0.317 e. The number of ether oxygens (including phenoxy) is 2. The molecule has 0 spiro atoms. The van der Waals surface area contributed by atoms with Gasteiger partial charge >= 0.3 is 5.97 Å². The Morgan fingerprint density at radius 2 is 1.93 bits per heavy atom. The van der Waals surface area contributed by atoms with Crippen molar-refractivity contribution in [1.29, 1.82) is 0 Å². The number of esters is 1. The van der Waals surface area contributed by atoms with Crippen LogP contribution in [0, 0.1) is 11.7 Å². The maximum absolute atomic E-state index is 14.0. The van der Waals surface area contributed by atoms with E-state index in [4.69, 9.17) is 21.1 Å². The first-order chi connectivity index (χ1) is 13.4. The van der Waals surface area contributed by atoms with E-state index in [-0.39, 0.29) is 17.4 Å². The Morgan fingerprint density at radius 3 is 2.54 bits per heavy atom. The van der Waals surface area contributed by atoms with Crippen LogP contribution in [-0.2, 0) is 14.3 Å². The fourth-order valence-corrected chi connectivity index (χ4v) is 3.56. The first-order valence-electron chi connectivity index (χ1n) is 8.95. The molecule has 0 aromatic heterocycles. The number of halogens is 2. The average molecular weight is 403 g/mol. The van der Waals surface area contributed by atoms with Gasteiger partial charge < -0.3 is 9.47 Å². The highest BCUT2D eigenvalue weighted by atomic mass is 35.5. The van der Waals surface area contributed by atoms with Gasteiger partial charge in [-0.15, -0.1) is 0 Å². The van der Waals surface area contributed by atoms with Gasteiger partial charge in [0.05, 0.1) is 18.7 Å². The summed E-state index contributed by atoms with van der Waals surface area (Å²) < 4.78 is 24.3. The van der Waals surface area contributed by atoms with Gasteiger partial charge in [-0.05, 0) is 60.4 Å². The molecule has 0 saturated carbocycles. The number of hydrogen-bond acceptors (Lipinski definition) is 4. The van der Waals surface area contributed by atoms with E-state index in [1.807, 2.05) is 12.1 Å². The molecule has 0 radical (unpaired) electrons. The van der Waals surface area contributed by atoms with Crippen LogP contribution in [0.4, 0.5) is 4.39 Å². The molecule has 1 aliphatic carbocycles. The highest BCUT2D eigenvalue weighted by Crippen LogP contribution is 2.41. The summed E-state index contributed by atoms with van der Waals surface area (Å²) >= 11 is 5.79. The topological polar surface area (TPSA) is 52.6 Å². The van der Waals surface area contributed by atoms with E-state index in [0.29, 0.717) is 17.7 Å². The zero-order chi connectivity index (χ0) is 20.3. The molecule has 0 heterocycles. The summed E-state index contributed by atoms with van der Waals surface area (Å²) in [5.74, 6) is -2.39. The minimum Gasteiger partial charge on any atom is -0.497 e. The van der Waals surface area contributed by atoms with Crippen molar-refractivity contribution in [1.82, 2.24) is 0 Å². The molecule has 4 nitrogen and oxygen atoms in total. The van der Waals surface area contributed by atoms with Crippen molar-refractivity contribution in [3.63, 3.8) is 0 Å². The molecule has 2 aromatic rings. The lowest BCUT2D eigenvalue weighted by Crippen LogP contribution is -2.34. The summed E-state index contributed by atoms with van der Waals surface area (Å²) in [6, 6.07) is 11.7. The summed E-state index contributed by atoms with van der Waals surface area (Å²) in [7, 11) is 1.58. The van der Waals surface area contributed by atoms with Gasteiger partial charge in [0.1, 0.15) is 17.5 Å². The van der Waals surface area contributed by atoms with E-state index < -0.39 is 23.6 Å². The highest BCUT2D eigenvalue weighted by molar-refractivity contribution is 6.30. The fraction of sp³-hybridized carbons (Fsp3) is 0.273. The molecule has 0 fully saturated rings. The molecule has 0 saturated heterocycles. The lowest BCUT2D eigenvalue weighted by molar-refractivity contribution is -0.151. The molecular weight excluding hydrogens is 383 g/mol. The Hall–Kier alpha value is -2.66. The fourth-order valence-electron chi connectivity index (χ4n) is 3.45. The van der Waals surface area contributed by atoms with E-state index in [1.165, 1.54) is 18.2 Å². The average Bonchev–Trinajstić information content (AvgIpc) is 2.69. The van der Waals surface area contributed by atoms with Gasteiger partial charge in [-0.3, -0.25) is 9.59 Å². The number of rotatable bonds is 5. The molecule has 146 valence electrons. The zero-order valence-electron chi connectivity index (χ0n) is 15.6. The van der Waals surface area contributed by atoms with Gasteiger partial charge in [0, 0.05) is 5.92 Å². The van der Waals surface area contributed by atoms with Crippen molar-refractivity contribution >= 4 is 28.9 Å². The van der Waals surface area contributed by atoms with E-state index in [1.54, 1.807) is 32.2 Å². The predicted molar refractivity (Wildman–Crippen MR) is 105 cm³/mol. The monoisotopic (exact) mass is 402 g/mol. The molecule has 0 aliphatic heterocycles. The molecule has 0 N–H and O–H groups in total. The molecule has 0 amide bonds. The van der Waals surface area contributed by atoms with Crippen molar-refractivity contribution in [3.8, 4) is 5.75 Å². The first-order valence-corrected chi connectivity index (χ1v) is 9.32. The van der Waals surface area contributed by atoms with Crippen molar-refractivity contribution in [2.75, 3.05) is 13.7 Å². The SMILES string of the molecule is CCOC(=O)C1C(=O)C=C(c2ccc(OC)cc2)CC1c1ccc(Cl)c(F)c1. The van der Waals surface area contributed by atoms with Gasteiger partial charge in [-0.25, -0.2) is 4.39 Å². The minimum absolute atomic E-state index is 0.00973. The van der Waals surface area contributed by atoms with Crippen molar-refractivity contribution in [2.24, 2.45) is 5.92 Å². The van der Waals surface area contributed by atoms with Gasteiger partial charge in [-0.2, -0.15) is 0 Å². The molecule has 2 atom stereocenters. The summed E-state index contributed by atoms with van der Waals surface area (Å²) in [6.45, 7) is 1.85. The Morgan fingerprint density at radius 1 is 1.21 bits per heavy atom. The van der Waals surface area contributed by atoms with Crippen LogP contribution < -0.4 is 4.74 Å². The van der Waals surface area contributed by atoms with Crippen LogP contribution in [-0.4, -0.2) is 25.5 Å². The summed E-state index contributed by atoms with van der Waals surface area (Å²) in [5, 5.41) is -0.00973. The van der Waals surface area contributed by atoms with Gasteiger partial charge in [0.15, 0.2) is 5.78 Å². The van der Waals surface area contributed by atoms with E-state index in [9.17, 15) is 14.0 Å². The summed E-state index contributed by atoms with van der Waals surface area (Å²) in [4.78, 5) is 25.3. The lowest BCUT2D eigenvalue weighted by Gasteiger charge is -2.29. The zero-order valence-corrected chi connectivity index (χ0v) is 16.3. The molecule has 6 heteroatoms. The second kappa shape index (κ2) is 8.57. The first kappa shape index (κ1) is 20.1. The van der Waals surface area contributed by atoms with E-state index >= 15 is 0 Å². The maximum atomic E-state index is 14.0. The van der Waals surface area contributed by atoms with E-state index in [0.717, 1.165) is 11.1 Å². The number of benzene rings is 2. The number of allylic oxidation sites excluding steroid dienone is 2. The van der Waals surface area contributed by atoms with Crippen LogP contribution in [0.1, 0.15) is 30.4 Å².